The normalized spacial score (nSPS) is 17.2. The molecule has 1 aromatic heterocycles. The van der Waals surface area contributed by atoms with Crippen LogP contribution in [0.5, 0.6) is 0 Å². The van der Waals surface area contributed by atoms with Crippen molar-refractivity contribution in [1.82, 2.24) is 4.98 Å². The average Bonchev–Trinajstić information content (AvgIpc) is 2.84. The molecule has 1 aliphatic rings. The molecule has 2 heterocycles. The summed E-state index contributed by atoms with van der Waals surface area (Å²) in [6.45, 7) is 10.5. The summed E-state index contributed by atoms with van der Waals surface area (Å²) in [6.07, 6.45) is 2.35. The number of piperidine rings is 1. The van der Waals surface area contributed by atoms with Crippen LogP contribution in [0.1, 0.15) is 61.8 Å². The van der Waals surface area contributed by atoms with E-state index in [0.29, 0.717) is 4.88 Å². The fourth-order valence-electron chi connectivity index (χ4n) is 2.76. The van der Waals surface area contributed by atoms with Gasteiger partial charge in [-0.1, -0.05) is 39.0 Å². The zero-order valence-corrected chi connectivity index (χ0v) is 13.5. The molecule has 20 heavy (non-hydrogen) atoms. The number of aromatic nitrogens is 1. The Hall–Kier alpha value is -1.10. The Morgan fingerprint density at radius 1 is 1.30 bits per heavy atom. The van der Waals surface area contributed by atoms with Gasteiger partial charge < -0.3 is 10.0 Å². The molecule has 5 heteroatoms. The van der Waals surface area contributed by atoms with Crippen molar-refractivity contribution in [1.29, 1.82) is 0 Å². The number of hydrogen-bond donors (Lipinski definition) is 1. The van der Waals surface area contributed by atoms with Gasteiger partial charge in [-0.05, 0) is 30.6 Å². The van der Waals surface area contributed by atoms with E-state index in [-0.39, 0.29) is 5.92 Å². The molecule has 1 fully saturated rings. The number of anilines is 1. The Bertz CT molecular complexity index is 474. The lowest BCUT2D eigenvalue weighted by Gasteiger charge is -2.33. The second-order valence-corrected chi connectivity index (χ2v) is 7.22. The maximum atomic E-state index is 11.3. The molecular formula is C15H24N2O2S. The summed E-state index contributed by atoms with van der Waals surface area (Å²) in [6, 6.07) is 0. The molecule has 0 aliphatic carbocycles. The van der Waals surface area contributed by atoms with Crippen molar-refractivity contribution in [2.45, 2.75) is 46.5 Å². The topological polar surface area (TPSA) is 53.4 Å². The Labute approximate surface area is 124 Å². The fraction of sp³-hybridized carbons (Fsp3) is 0.733. The van der Waals surface area contributed by atoms with Crippen LogP contribution in [0.4, 0.5) is 5.13 Å². The molecule has 0 aromatic carbocycles. The maximum absolute atomic E-state index is 11.3. The van der Waals surface area contributed by atoms with E-state index in [0.717, 1.165) is 35.8 Å². The minimum atomic E-state index is -0.852. The summed E-state index contributed by atoms with van der Waals surface area (Å²) in [5.41, 5.74) is 0.725. The number of aromatic carboxylic acids is 1. The number of carboxylic acid groups (broad SMARTS) is 1. The molecule has 0 unspecified atom stereocenters. The highest BCUT2D eigenvalue weighted by molar-refractivity contribution is 7.17. The maximum Gasteiger partial charge on any atom is 0.347 e. The third-order valence-electron chi connectivity index (χ3n) is 4.14. The number of carbonyl (C=O) groups is 1. The lowest BCUT2D eigenvalue weighted by Crippen LogP contribution is -2.35. The van der Waals surface area contributed by atoms with E-state index in [1.165, 1.54) is 24.2 Å². The molecule has 0 saturated carbocycles. The summed E-state index contributed by atoms with van der Waals surface area (Å²) in [4.78, 5) is 18.6. The molecule has 1 aliphatic heterocycles. The molecule has 0 spiro atoms. The third kappa shape index (κ3) is 3.14. The Balaban J connectivity index is 2.14. The summed E-state index contributed by atoms with van der Waals surface area (Å²) >= 11 is 1.33. The minimum Gasteiger partial charge on any atom is -0.477 e. The van der Waals surface area contributed by atoms with Crippen LogP contribution in [0.15, 0.2) is 0 Å². The molecule has 1 saturated heterocycles. The van der Waals surface area contributed by atoms with Crippen molar-refractivity contribution in [3.63, 3.8) is 0 Å². The van der Waals surface area contributed by atoms with Gasteiger partial charge in [0.1, 0.15) is 4.88 Å². The lowest BCUT2D eigenvalue weighted by atomic mass is 9.87. The number of nitrogens with zero attached hydrogens (tertiary/aromatic N) is 2. The SMILES string of the molecule is CC(C)c1nc(N2CCC(C(C)C)CC2)sc1C(=O)O. The van der Waals surface area contributed by atoms with E-state index < -0.39 is 5.97 Å². The molecule has 0 amide bonds. The average molecular weight is 296 g/mol. The molecule has 1 N–H and O–H groups in total. The van der Waals surface area contributed by atoms with Gasteiger partial charge in [0.15, 0.2) is 5.13 Å². The summed E-state index contributed by atoms with van der Waals surface area (Å²) in [7, 11) is 0. The zero-order valence-electron chi connectivity index (χ0n) is 12.7. The van der Waals surface area contributed by atoms with E-state index in [9.17, 15) is 9.90 Å². The molecule has 0 bridgehead atoms. The van der Waals surface area contributed by atoms with Crippen LogP contribution in [0.25, 0.3) is 0 Å². The van der Waals surface area contributed by atoms with Gasteiger partial charge in [0, 0.05) is 13.1 Å². The second-order valence-electron chi connectivity index (χ2n) is 6.24. The molecule has 0 radical (unpaired) electrons. The van der Waals surface area contributed by atoms with Gasteiger partial charge in [0.25, 0.3) is 0 Å². The Morgan fingerprint density at radius 2 is 1.90 bits per heavy atom. The van der Waals surface area contributed by atoms with Crippen molar-refractivity contribution in [3.05, 3.63) is 10.6 Å². The van der Waals surface area contributed by atoms with Crippen LogP contribution in [0, 0.1) is 11.8 Å². The van der Waals surface area contributed by atoms with Crippen molar-refractivity contribution < 1.29 is 9.90 Å². The predicted molar refractivity (Wildman–Crippen MR) is 82.9 cm³/mol. The zero-order chi connectivity index (χ0) is 14.9. The van der Waals surface area contributed by atoms with Crippen LogP contribution < -0.4 is 4.90 Å². The summed E-state index contributed by atoms with van der Waals surface area (Å²) in [5, 5.41) is 10.2. The molecule has 4 nitrogen and oxygen atoms in total. The predicted octanol–water partition coefficient (Wildman–Crippen LogP) is 3.84. The van der Waals surface area contributed by atoms with Gasteiger partial charge >= 0.3 is 5.97 Å². The van der Waals surface area contributed by atoms with Gasteiger partial charge in [-0.2, -0.15) is 0 Å². The smallest absolute Gasteiger partial charge is 0.347 e. The lowest BCUT2D eigenvalue weighted by molar-refractivity contribution is 0.0700. The highest BCUT2D eigenvalue weighted by Crippen LogP contribution is 2.34. The first-order chi connectivity index (χ1) is 9.40. The number of carboxylic acids is 1. The van der Waals surface area contributed by atoms with Gasteiger partial charge in [-0.25, -0.2) is 9.78 Å². The summed E-state index contributed by atoms with van der Waals surface area (Å²) < 4.78 is 0. The van der Waals surface area contributed by atoms with Gasteiger partial charge in [-0.15, -0.1) is 0 Å². The second kappa shape index (κ2) is 6.12. The quantitative estimate of drug-likeness (QED) is 0.917. The van der Waals surface area contributed by atoms with Gasteiger partial charge in [0.2, 0.25) is 0 Å². The van der Waals surface area contributed by atoms with Crippen molar-refractivity contribution in [3.8, 4) is 0 Å². The fourth-order valence-corrected chi connectivity index (χ4v) is 3.87. The van der Waals surface area contributed by atoms with E-state index in [1.54, 1.807) is 0 Å². The largest absolute Gasteiger partial charge is 0.477 e. The first-order valence-electron chi connectivity index (χ1n) is 7.39. The van der Waals surface area contributed by atoms with E-state index >= 15 is 0 Å². The van der Waals surface area contributed by atoms with Crippen LogP contribution in [-0.2, 0) is 0 Å². The van der Waals surface area contributed by atoms with E-state index in [2.05, 4.69) is 23.7 Å². The monoisotopic (exact) mass is 296 g/mol. The van der Waals surface area contributed by atoms with Crippen molar-refractivity contribution in [2.75, 3.05) is 18.0 Å². The Kier molecular flexibility index (Phi) is 4.68. The number of thiazole rings is 1. The number of hydrogen-bond acceptors (Lipinski definition) is 4. The Morgan fingerprint density at radius 3 is 2.30 bits per heavy atom. The molecule has 112 valence electrons. The number of rotatable bonds is 4. The highest BCUT2D eigenvalue weighted by atomic mass is 32.1. The highest BCUT2D eigenvalue weighted by Gasteiger charge is 2.26. The first-order valence-corrected chi connectivity index (χ1v) is 8.20. The first kappa shape index (κ1) is 15.3. The van der Waals surface area contributed by atoms with Crippen LogP contribution in [-0.4, -0.2) is 29.1 Å². The minimum absolute atomic E-state index is 0.152. The van der Waals surface area contributed by atoms with E-state index in [1.807, 2.05) is 13.8 Å². The van der Waals surface area contributed by atoms with Gasteiger partial charge in [-0.3, -0.25) is 0 Å². The third-order valence-corrected chi connectivity index (χ3v) is 5.26. The van der Waals surface area contributed by atoms with Crippen LogP contribution >= 0.6 is 11.3 Å². The van der Waals surface area contributed by atoms with Crippen LogP contribution in [0.3, 0.4) is 0 Å². The van der Waals surface area contributed by atoms with Crippen molar-refractivity contribution >= 4 is 22.4 Å². The summed E-state index contributed by atoms with van der Waals surface area (Å²) in [5.74, 6) is 0.817. The molecule has 2 rings (SSSR count). The molecule has 0 atom stereocenters. The van der Waals surface area contributed by atoms with Crippen LogP contribution in [0.2, 0.25) is 0 Å². The standard InChI is InChI=1S/C15H24N2O2S/c1-9(2)11-5-7-17(8-6-11)15-16-12(10(3)4)13(20-15)14(18)19/h9-11H,5-8H2,1-4H3,(H,18,19). The van der Waals surface area contributed by atoms with E-state index in [4.69, 9.17) is 0 Å². The molecular weight excluding hydrogens is 272 g/mol. The van der Waals surface area contributed by atoms with Crippen molar-refractivity contribution in [2.24, 2.45) is 11.8 Å². The van der Waals surface area contributed by atoms with Gasteiger partial charge in [0.05, 0.1) is 5.69 Å². The molecule has 1 aromatic rings.